The minimum Gasteiger partial charge on any atom is -0.487 e. The molecule has 1 amide bonds. The number of esters is 1. The van der Waals surface area contributed by atoms with Crippen molar-refractivity contribution >= 4 is 11.9 Å². The number of allylic oxidation sites excluding steroid dienone is 2. The average Bonchev–Trinajstić information content (AvgIpc) is 3.29. The average molecular weight is 674 g/mol. The number of nitrogens with one attached hydrogen (secondary N) is 1. The standard InChI is InChI=1S/C30H41F2N3O12/c31-30(32,21-45-22-9-4-3-5-10-22)16-15-25-24(26(36)19-27(25)37)12-6-1-2-7-14-29(39)44-18-17-33-28(38)13-8-11-23(47-35(42)43)20-46-34(40)41/h1,3-6,9-10,15-16,23-27,36-37H,2,7-8,11-14,17-21H2,(H,33,38)/b6-1-,16-15+/t23?,24-,25-,26+,27-/m1/s1. The first-order chi connectivity index (χ1) is 22.4. The van der Waals surface area contributed by atoms with E-state index in [4.69, 9.17) is 9.47 Å². The summed E-state index contributed by atoms with van der Waals surface area (Å²) < 4.78 is 39.0. The molecule has 17 heteroatoms. The van der Waals surface area contributed by atoms with Gasteiger partial charge in [0.1, 0.15) is 25.1 Å². The van der Waals surface area contributed by atoms with Crippen LogP contribution in [-0.2, 0) is 24.0 Å². The van der Waals surface area contributed by atoms with Gasteiger partial charge in [-0.1, -0.05) is 36.4 Å². The molecule has 0 spiro atoms. The number of unbranched alkanes of at least 4 members (excludes halogenated alkanes) is 1. The fraction of sp³-hybridized carbons (Fsp3) is 0.600. The van der Waals surface area contributed by atoms with Gasteiger partial charge in [0.05, 0.1) is 18.8 Å². The molecule has 0 saturated heterocycles. The molecule has 0 bridgehead atoms. The molecule has 1 fully saturated rings. The maximum atomic E-state index is 14.4. The van der Waals surface area contributed by atoms with Crippen LogP contribution < -0.4 is 10.1 Å². The number of nitrogens with zero attached hydrogens (tertiary/aromatic N) is 2. The third-order valence-electron chi connectivity index (χ3n) is 7.20. The maximum absolute atomic E-state index is 14.4. The van der Waals surface area contributed by atoms with Crippen molar-refractivity contribution < 1.29 is 57.9 Å². The van der Waals surface area contributed by atoms with Crippen molar-refractivity contribution in [2.75, 3.05) is 26.4 Å². The summed E-state index contributed by atoms with van der Waals surface area (Å²) in [5.74, 6) is -4.97. The SMILES string of the molecule is O=C(CCCC(CO[N+](=O)[O-])O[N+](=O)[O-])NCCOC(=O)CCC/C=C\C[C@@H]1[C@@H](/C=C/C(F)(F)COc2ccccc2)[C@H](O)C[C@@H]1O. The number of alkyl halides is 2. The molecule has 0 heterocycles. The smallest absolute Gasteiger partial charge is 0.305 e. The van der Waals surface area contributed by atoms with Gasteiger partial charge >= 0.3 is 5.97 Å². The van der Waals surface area contributed by atoms with Gasteiger partial charge in [0.2, 0.25) is 5.91 Å². The number of benzene rings is 1. The predicted octanol–water partition coefficient (Wildman–Crippen LogP) is 3.35. The van der Waals surface area contributed by atoms with Gasteiger partial charge in [0.25, 0.3) is 16.1 Å². The molecule has 47 heavy (non-hydrogen) atoms. The number of ether oxygens (including phenoxy) is 2. The molecule has 2 rings (SSSR count). The van der Waals surface area contributed by atoms with Crippen LogP contribution in [0.25, 0.3) is 0 Å². The third kappa shape index (κ3) is 16.7. The lowest BCUT2D eigenvalue weighted by Crippen LogP contribution is -2.29. The van der Waals surface area contributed by atoms with Crippen molar-refractivity contribution in [1.29, 1.82) is 0 Å². The second kappa shape index (κ2) is 20.7. The van der Waals surface area contributed by atoms with E-state index in [1.165, 1.54) is 6.08 Å². The van der Waals surface area contributed by atoms with Crippen LogP contribution in [0.3, 0.4) is 0 Å². The second-order valence-electron chi connectivity index (χ2n) is 10.9. The van der Waals surface area contributed by atoms with E-state index in [2.05, 4.69) is 15.0 Å². The van der Waals surface area contributed by atoms with Crippen LogP contribution in [0, 0.1) is 32.1 Å². The summed E-state index contributed by atoms with van der Waals surface area (Å²) in [6, 6.07) is 8.22. The molecule has 1 aliphatic rings. The Bertz CT molecular complexity index is 1190. The highest BCUT2D eigenvalue weighted by Gasteiger charge is 2.40. The zero-order valence-electron chi connectivity index (χ0n) is 25.7. The van der Waals surface area contributed by atoms with Crippen molar-refractivity contribution in [3.63, 3.8) is 0 Å². The van der Waals surface area contributed by atoms with Crippen molar-refractivity contribution in [2.45, 2.75) is 75.6 Å². The van der Waals surface area contributed by atoms with Gasteiger partial charge in [-0.05, 0) is 56.2 Å². The molecule has 262 valence electrons. The summed E-state index contributed by atoms with van der Waals surface area (Å²) >= 11 is 0. The Morgan fingerprint density at radius 1 is 1.06 bits per heavy atom. The second-order valence-corrected chi connectivity index (χ2v) is 10.9. The van der Waals surface area contributed by atoms with Crippen molar-refractivity contribution in [1.82, 2.24) is 5.32 Å². The zero-order chi connectivity index (χ0) is 34.7. The Kier molecular flexibility index (Phi) is 17.1. The molecule has 5 atom stereocenters. The van der Waals surface area contributed by atoms with E-state index in [-0.39, 0.29) is 45.3 Å². The number of halogens is 2. The molecule has 15 nitrogen and oxygen atoms in total. The largest absolute Gasteiger partial charge is 0.487 e. The van der Waals surface area contributed by atoms with E-state index in [9.17, 15) is 48.8 Å². The Hall–Kier alpha value is -4.38. The first-order valence-corrected chi connectivity index (χ1v) is 15.1. The fourth-order valence-corrected chi connectivity index (χ4v) is 4.88. The van der Waals surface area contributed by atoms with Gasteiger partial charge < -0.3 is 34.7 Å². The number of amides is 1. The monoisotopic (exact) mass is 673 g/mol. The number of aliphatic hydroxyl groups excluding tert-OH is 2. The molecule has 0 aliphatic heterocycles. The van der Waals surface area contributed by atoms with Gasteiger partial charge in [0.15, 0.2) is 6.61 Å². The number of aliphatic hydroxyl groups is 2. The summed E-state index contributed by atoms with van der Waals surface area (Å²) in [7, 11) is 0. The molecule has 1 unspecified atom stereocenters. The Morgan fingerprint density at radius 3 is 2.51 bits per heavy atom. The number of hydrogen-bond donors (Lipinski definition) is 3. The molecule has 1 aliphatic carbocycles. The molecule has 1 aromatic carbocycles. The van der Waals surface area contributed by atoms with Crippen LogP contribution in [-0.4, -0.2) is 82.9 Å². The van der Waals surface area contributed by atoms with Crippen LogP contribution in [0.2, 0.25) is 0 Å². The molecular formula is C30H41F2N3O12. The first kappa shape index (κ1) is 38.8. The van der Waals surface area contributed by atoms with Crippen molar-refractivity contribution in [3.8, 4) is 5.75 Å². The van der Waals surface area contributed by atoms with Crippen LogP contribution >= 0.6 is 0 Å². The lowest BCUT2D eigenvalue weighted by molar-refractivity contribution is -0.790. The Labute approximate surface area is 269 Å². The van der Waals surface area contributed by atoms with Gasteiger partial charge in [-0.15, -0.1) is 20.2 Å². The van der Waals surface area contributed by atoms with Crippen molar-refractivity contribution in [3.05, 3.63) is 74.9 Å². The van der Waals surface area contributed by atoms with E-state index < -0.39 is 71.3 Å². The Balaban J connectivity index is 1.61. The van der Waals surface area contributed by atoms with E-state index in [1.807, 2.05) is 0 Å². The first-order valence-electron chi connectivity index (χ1n) is 15.1. The predicted molar refractivity (Wildman–Crippen MR) is 160 cm³/mol. The topological polar surface area (TPSA) is 210 Å². The molecular weight excluding hydrogens is 632 g/mol. The third-order valence-corrected chi connectivity index (χ3v) is 7.20. The lowest BCUT2D eigenvalue weighted by Gasteiger charge is -2.20. The quantitative estimate of drug-likeness (QED) is 0.0502. The van der Waals surface area contributed by atoms with Crippen molar-refractivity contribution in [2.24, 2.45) is 11.8 Å². The number of carbonyl (C=O) groups excluding carboxylic acids is 2. The van der Waals surface area contributed by atoms with E-state index in [1.54, 1.807) is 42.5 Å². The molecule has 1 aromatic rings. The zero-order valence-corrected chi connectivity index (χ0v) is 25.7. The summed E-state index contributed by atoms with van der Waals surface area (Å²) in [6.45, 7) is -1.54. The summed E-state index contributed by atoms with van der Waals surface area (Å²) in [5, 5.41) is 41.7. The van der Waals surface area contributed by atoms with Crippen LogP contribution in [0.5, 0.6) is 5.75 Å². The fourth-order valence-electron chi connectivity index (χ4n) is 4.88. The van der Waals surface area contributed by atoms with Gasteiger partial charge in [-0.3, -0.25) is 9.59 Å². The number of rotatable bonds is 23. The molecule has 1 saturated carbocycles. The van der Waals surface area contributed by atoms with E-state index in [0.29, 0.717) is 31.1 Å². The summed E-state index contributed by atoms with van der Waals surface area (Å²) in [5.41, 5.74) is 0. The summed E-state index contributed by atoms with van der Waals surface area (Å²) in [4.78, 5) is 52.9. The number of hydrogen-bond acceptors (Lipinski definition) is 12. The maximum Gasteiger partial charge on any atom is 0.305 e. The van der Waals surface area contributed by atoms with E-state index in [0.717, 1.165) is 0 Å². The van der Waals surface area contributed by atoms with Crippen LogP contribution in [0.1, 0.15) is 51.4 Å². The highest BCUT2D eigenvalue weighted by atomic mass is 19.3. The lowest BCUT2D eigenvalue weighted by atomic mass is 9.89. The Morgan fingerprint density at radius 2 is 1.81 bits per heavy atom. The highest BCUT2D eigenvalue weighted by molar-refractivity contribution is 5.75. The normalized spacial score (nSPS) is 20.2. The molecule has 3 N–H and O–H groups in total. The van der Waals surface area contributed by atoms with E-state index >= 15 is 0 Å². The highest BCUT2D eigenvalue weighted by Crippen LogP contribution is 2.37. The minimum absolute atomic E-state index is 0.0309. The van der Waals surface area contributed by atoms with Gasteiger partial charge in [-0.25, -0.2) is 0 Å². The molecule has 0 radical (unpaired) electrons. The van der Waals surface area contributed by atoms with Crippen LogP contribution in [0.4, 0.5) is 8.78 Å². The minimum atomic E-state index is -3.27. The van der Waals surface area contributed by atoms with Gasteiger partial charge in [-0.2, -0.15) is 8.78 Å². The number of para-hydroxylation sites is 1. The van der Waals surface area contributed by atoms with Gasteiger partial charge in [0, 0.05) is 25.2 Å². The molecule has 0 aromatic heterocycles. The van der Waals surface area contributed by atoms with Crippen LogP contribution in [0.15, 0.2) is 54.6 Å². The number of carbonyl (C=O) groups is 2. The summed E-state index contributed by atoms with van der Waals surface area (Å²) in [6.07, 6.45) is 4.09.